The smallest absolute Gasteiger partial charge is 0.240 e. The molecule has 6 heteroatoms. The lowest BCUT2D eigenvalue weighted by Gasteiger charge is -2.36. The van der Waals surface area contributed by atoms with Crippen molar-refractivity contribution in [1.82, 2.24) is 9.80 Å². The number of hydrogen-bond acceptors (Lipinski definition) is 4. The van der Waals surface area contributed by atoms with Crippen LogP contribution in [-0.4, -0.2) is 39.6 Å². The number of benzene rings is 1. The molecule has 3 heterocycles. The van der Waals surface area contributed by atoms with Crippen LogP contribution < -0.4 is 5.73 Å². The SMILES string of the molecule is NC(=O)[C@@H]1[C@@H]2C(=O)N(C3CCCCC3)C(=O)[C@H]2[C@@H]2c3ccccc3C=CN12. The van der Waals surface area contributed by atoms with Gasteiger partial charge in [-0.15, -0.1) is 0 Å². The van der Waals surface area contributed by atoms with Crippen LogP contribution in [0.5, 0.6) is 0 Å². The maximum Gasteiger partial charge on any atom is 0.240 e. The van der Waals surface area contributed by atoms with Gasteiger partial charge in [-0.25, -0.2) is 0 Å². The molecule has 6 nitrogen and oxygen atoms in total. The van der Waals surface area contributed by atoms with Crippen LogP contribution >= 0.6 is 0 Å². The highest BCUT2D eigenvalue weighted by molar-refractivity contribution is 6.09. The number of primary amides is 1. The number of rotatable bonds is 2. The molecule has 0 aromatic heterocycles. The van der Waals surface area contributed by atoms with Gasteiger partial charge < -0.3 is 10.6 Å². The molecule has 140 valence electrons. The Balaban J connectivity index is 1.60. The molecule has 4 aliphatic rings. The Labute approximate surface area is 158 Å². The number of imide groups is 1. The van der Waals surface area contributed by atoms with Crippen molar-refractivity contribution in [2.24, 2.45) is 17.6 Å². The van der Waals surface area contributed by atoms with E-state index in [0.29, 0.717) is 0 Å². The minimum Gasteiger partial charge on any atom is -0.368 e. The fourth-order valence-electron chi connectivity index (χ4n) is 5.60. The molecule has 0 bridgehead atoms. The predicted molar refractivity (Wildman–Crippen MR) is 98.7 cm³/mol. The number of likely N-dealkylation sites (tertiary alicyclic amines) is 1. The maximum atomic E-state index is 13.4. The Morgan fingerprint density at radius 1 is 1.00 bits per heavy atom. The molecule has 1 aliphatic carbocycles. The molecule has 3 amide bonds. The predicted octanol–water partition coefficient (Wildman–Crippen LogP) is 1.82. The van der Waals surface area contributed by atoms with E-state index in [-0.39, 0.29) is 23.9 Å². The zero-order chi connectivity index (χ0) is 18.7. The molecule has 0 radical (unpaired) electrons. The first-order chi connectivity index (χ1) is 13.1. The van der Waals surface area contributed by atoms with Crippen molar-refractivity contribution < 1.29 is 14.4 Å². The average molecular weight is 365 g/mol. The molecular weight excluding hydrogens is 342 g/mol. The lowest BCUT2D eigenvalue weighted by atomic mass is 9.84. The van der Waals surface area contributed by atoms with Gasteiger partial charge in [-0.2, -0.15) is 0 Å². The molecule has 0 spiro atoms. The zero-order valence-electron chi connectivity index (χ0n) is 15.1. The number of nitrogens with zero attached hydrogens (tertiary/aromatic N) is 2. The first kappa shape index (κ1) is 16.5. The molecule has 2 saturated heterocycles. The van der Waals surface area contributed by atoms with E-state index >= 15 is 0 Å². The summed E-state index contributed by atoms with van der Waals surface area (Å²) < 4.78 is 0. The number of nitrogens with two attached hydrogens (primary N) is 1. The van der Waals surface area contributed by atoms with Gasteiger partial charge in [0.1, 0.15) is 6.04 Å². The fraction of sp³-hybridized carbons (Fsp3) is 0.476. The highest BCUT2D eigenvalue weighted by atomic mass is 16.2. The molecule has 5 rings (SSSR count). The molecule has 2 N–H and O–H groups in total. The number of hydrogen-bond donors (Lipinski definition) is 1. The van der Waals surface area contributed by atoms with Crippen LogP contribution in [0.1, 0.15) is 49.3 Å². The van der Waals surface area contributed by atoms with Gasteiger partial charge in [-0.1, -0.05) is 43.5 Å². The summed E-state index contributed by atoms with van der Waals surface area (Å²) in [4.78, 5) is 42.4. The van der Waals surface area contributed by atoms with Crippen molar-refractivity contribution in [3.8, 4) is 0 Å². The minimum absolute atomic E-state index is 0.0271. The van der Waals surface area contributed by atoms with Gasteiger partial charge in [-0.3, -0.25) is 19.3 Å². The highest BCUT2D eigenvalue weighted by Gasteiger charge is 2.64. The molecule has 27 heavy (non-hydrogen) atoms. The van der Waals surface area contributed by atoms with Crippen LogP contribution in [0, 0.1) is 11.8 Å². The first-order valence-corrected chi connectivity index (χ1v) is 9.80. The number of carbonyl (C=O) groups is 3. The van der Waals surface area contributed by atoms with Crippen LogP contribution in [0.2, 0.25) is 0 Å². The van der Waals surface area contributed by atoms with E-state index in [2.05, 4.69) is 0 Å². The van der Waals surface area contributed by atoms with Crippen LogP contribution in [0.15, 0.2) is 30.5 Å². The summed E-state index contributed by atoms with van der Waals surface area (Å²) in [5.41, 5.74) is 7.73. The zero-order valence-corrected chi connectivity index (χ0v) is 15.1. The fourth-order valence-corrected chi connectivity index (χ4v) is 5.60. The minimum atomic E-state index is -0.769. The van der Waals surface area contributed by atoms with Crippen LogP contribution in [0.4, 0.5) is 0 Å². The van der Waals surface area contributed by atoms with Gasteiger partial charge in [0.2, 0.25) is 17.7 Å². The largest absolute Gasteiger partial charge is 0.368 e. The Morgan fingerprint density at radius 2 is 1.70 bits per heavy atom. The van der Waals surface area contributed by atoms with Crippen molar-refractivity contribution in [3.63, 3.8) is 0 Å². The van der Waals surface area contributed by atoms with E-state index in [1.165, 1.54) is 4.90 Å². The summed E-state index contributed by atoms with van der Waals surface area (Å²) in [6, 6.07) is 6.76. The number of fused-ring (bicyclic) bond motifs is 5. The molecule has 1 saturated carbocycles. The summed E-state index contributed by atoms with van der Waals surface area (Å²) in [6.45, 7) is 0. The van der Waals surface area contributed by atoms with Gasteiger partial charge in [0, 0.05) is 12.2 Å². The molecule has 3 fully saturated rings. The molecule has 0 unspecified atom stereocenters. The van der Waals surface area contributed by atoms with Gasteiger partial charge in [-0.05, 0) is 30.0 Å². The summed E-state index contributed by atoms with van der Waals surface area (Å²) in [6.07, 6.45) is 8.71. The topological polar surface area (TPSA) is 83.7 Å². The van der Waals surface area contributed by atoms with Gasteiger partial charge in [0.25, 0.3) is 0 Å². The third-order valence-corrected chi connectivity index (χ3v) is 6.73. The van der Waals surface area contributed by atoms with Gasteiger partial charge in [0.15, 0.2) is 0 Å². The van der Waals surface area contributed by atoms with Crippen molar-refractivity contribution in [2.75, 3.05) is 0 Å². The van der Waals surface area contributed by atoms with Crippen molar-refractivity contribution in [2.45, 2.75) is 50.2 Å². The molecule has 4 atom stereocenters. The second-order valence-corrected chi connectivity index (χ2v) is 8.07. The van der Waals surface area contributed by atoms with E-state index in [1.807, 2.05) is 41.4 Å². The maximum absolute atomic E-state index is 13.4. The standard InChI is InChI=1S/C21H23N3O3/c22-19(25)18-16-15(17-14-9-5-4-6-12(14)10-11-23(17)18)20(26)24(21(16)27)13-7-2-1-3-8-13/h4-6,9-11,13,15-18H,1-3,7-8H2,(H2,22,25)/t15-,16-,17+,18+/m1/s1. The van der Waals surface area contributed by atoms with Gasteiger partial charge in [0.05, 0.1) is 17.9 Å². The summed E-state index contributed by atoms with van der Waals surface area (Å²) in [5, 5.41) is 0. The third-order valence-electron chi connectivity index (χ3n) is 6.73. The van der Waals surface area contributed by atoms with E-state index in [9.17, 15) is 14.4 Å². The first-order valence-electron chi connectivity index (χ1n) is 9.80. The summed E-state index contributed by atoms with van der Waals surface area (Å²) >= 11 is 0. The summed E-state index contributed by atoms with van der Waals surface area (Å²) in [5.74, 6) is -2.09. The Hall–Kier alpha value is -2.63. The molecule has 1 aromatic carbocycles. The highest BCUT2D eigenvalue weighted by Crippen LogP contribution is 2.53. The second-order valence-electron chi connectivity index (χ2n) is 8.07. The molecular formula is C21H23N3O3. The number of amides is 3. The second kappa shape index (κ2) is 5.94. The lowest BCUT2D eigenvalue weighted by Crippen LogP contribution is -2.49. The molecule has 3 aliphatic heterocycles. The van der Waals surface area contributed by atoms with E-state index in [4.69, 9.17) is 5.73 Å². The Kier molecular flexibility index (Phi) is 3.64. The van der Waals surface area contributed by atoms with E-state index in [1.54, 1.807) is 0 Å². The van der Waals surface area contributed by atoms with E-state index < -0.39 is 23.8 Å². The number of carbonyl (C=O) groups excluding carboxylic acids is 3. The van der Waals surface area contributed by atoms with Crippen molar-refractivity contribution in [1.29, 1.82) is 0 Å². The monoisotopic (exact) mass is 365 g/mol. The van der Waals surface area contributed by atoms with Crippen LogP contribution in [0.25, 0.3) is 6.08 Å². The van der Waals surface area contributed by atoms with Crippen molar-refractivity contribution in [3.05, 3.63) is 41.6 Å². The van der Waals surface area contributed by atoms with Crippen LogP contribution in [-0.2, 0) is 14.4 Å². The Bertz CT molecular complexity index is 858. The average Bonchev–Trinajstić information content (AvgIpc) is 3.16. The lowest BCUT2D eigenvalue weighted by molar-refractivity contribution is -0.146. The Morgan fingerprint density at radius 3 is 2.44 bits per heavy atom. The van der Waals surface area contributed by atoms with E-state index in [0.717, 1.165) is 43.2 Å². The summed E-state index contributed by atoms with van der Waals surface area (Å²) in [7, 11) is 0. The normalized spacial score (nSPS) is 32.4. The molecule has 1 aromatic rings. The van der Waals surface area contributed by atoms with Crippen LogP contribution in [0.3, 0.4) is 0 Å². The van der Waals surface area contributed by atoms with Crippen molar-refractivity contribution >= 4 is 23.8 Å². The quantitative estimate of drug-likeness (QED) is 0.810. The van der Waals surface area contributed by atoms with Gasteiger partial charge >= 0.3 is 0 Å². The third kappa shape index (κ3) is 2.22.